The molecule has 0 heterocycles. The maximum absolute atomic E-state index is 11.9. The lowest BCUT2D eigenvalue weighted by molar-refractivity contribution is -0.137. The van der Waals surface area contributed by atoms with Gasteiger partial charge >= 0.3 is 0 Å². The van der Waals surface area contributed by atoms with Crippen molar-refractivity contribution in [2.24, 2.45) is 0 Å². The van der Waals surface area contributed by atoms with Gasteiger partial charge < -0.3 is 9.80 Å². The van der Waals surface area contributed by atoms with Crippen LogP contribution in [0.15, 0.2) is 30.3 Å². The Morgan fingerprint density at radius 1 is 1.06 bits per heavy atom. The van der Waals surface area contributed by atoms with Crippen molar-refractivity contribution in [3.63, 3.8) is 0 Å². The highest BCUT2D eigenvalue weighted by molar-refractivity contribution is 6.27. The highest BCUT2D eigenvalue weighted by atomic mass is 35.5. The van der Waals surface area contributed by atoms with Gasteiger partial charge in [-0.2, -0.15) is 0 Å². The minimum Gasteiger partial charge on any atom is -0.340 e. The monoisotopic (exact) mass is 268 g/mol. The first-order valence-electron chi connectivity index (χ1n) is 5.62. The van der Waals surface area contributed by atoms with E-state index < -0.39 is 0 Å². The van der Waals surface area contributed by atoms with Crippen LogP contribution in [0.3, 0.4) is 0 Å². The van der Waals surface area contributed by atoms with Crippen LogP contribution in [0, 0.1) is 0 Å². The molecule has 0 aliphatic rings. The van der Waals surface area contributed by atoms with Crippen molar-refractivity contribution in [3.05, 3.63) is 35.9 Å². The van der Waals surface area contributed by atoms with Gasteiger partial charge in [0.25, 0.3) is 0 Å². The lowest BCUT2D eigenvalue weighted by atomic mass is 10.2. The van der Waals surface area contributed by atoms with Crippen LogP contribution in [-0.4, -0.2) is 48.1 Å². The van der Waals surface area contributed by atoms with Crippen LogP contribution >= 0.6 is 11.6 Å². The number of halogens is 1. The summed E-state index contributed by atoms with van der Waals surface area (Å²) in [6.07, 6.45) is 0. The minimum absolute atomic E-state index is 0.0505. The van der Waals surface area contributed by atoms with Crippen LogP contribution in [0.1, 0.15) is 5.56 Å². The van der Waals surface area contributed by atoms with E-state index in [1.165, 1.54) is 4.90 Å². The molecule has 1 aromatic carbocycles. The molecule has 0 saturated carbocycles. The predicted octanol–water partition coefficient (Wildman–Crippen LogP) is 1.34. The standard InChI is InChI=1S/C13H17ClN2O2/c1-15(9-11-6-4-3-5-7-11)13(18)10-16(2)12(17)8-14/h3-7H,8-10H2,1-2H3. The van der Waals surface area contributed by atoms with E-state index in [0.29, 0.717) is 6.54 Å². The maximum Gasteiger partial charge on any atom is 0.242 e. The fourth-order valence-corrected chi connectivity index (χ4v) is 1.66. The summed E-state index contributed by atoms with van der Waals surface area (Å²) >= 11 is 5.42. The highest BCUT2D eigenvalue weighted by Crippen LogP contribution is 2.03. The van der Waals surface area contributed by atoms with Crippen molar-refractivity contribution in [2.45, 2.75) is 6.54 Å². The van der Waals surface area contributed by atoms with Crippen molar-refractivity contribution >= 4 is 23.4 Å². The molecular weight excluding hydrogens is 252 g/mol. The molecule has 0 bridgehead atoms. The third kappa shape index (κ3) is 4.37. The number of amides is 2. The normalized spacial score (nSPS) is 9.94. The number of nitrogens with zero attached hydrogens (tertiary/aromatic N) is 2. The summed E-state index contributed by atoms with van der Waals surface area (Å²) in [5.74, 6) is -0.468. The van der Waals surface area contributed by atoms with Crippen molar-refractivity contribution < 1.29 is 9.59 Å². The third-order valence-corrected chi connectivity index (χ3v) is 2.83. The second-order valence-corrected chi connectivity index (χ2v) is 4.39. The Balaban J connectivity index is 2.49. The molecule has 1 rings (SSSR count). The van der Waals surface area contributed by atoms with Gasteiger partial charge in [-0.1, -0.05) is 30.3 Å². The van der Waals surface area contributed by atoms with E-state index in [-0.39, 0.29) is 24.2 Å². The number of carbonyl (C=O) groups excluding carboxylic acids is 2. The molecule has 0 aliphatic carbocycles. The number of benzene rings is 1. The molecule has 0 aromatic heterocycles. The minimum atomic E-state index is -0.252. The largest absolute Gasteiger partial charge is 0.340 e. The predicted molar refractivity (Wildman–Crippen MR) is 71.3 cm³/mol. The average molecular weight is 269 g/mol. The Morgan fingerprint density at radius 2 is 1.67 bits per heavy atom. The first kappa shape index (κ1) is 14.5. The van der Waals surface area contributed by atoms with Gasteiger partial charge in [0.2, 0.25) is 11.8 Å². The average Bonchev–Trinajstić information content (AvgIpc) is 2.38. The Morgan fingerprint density at radius 3 is 2.22 bits per heavy atom. The molecule has 0 spiro atoms. The van der Waals surface area contributed by atoms with Crippen LogP contribution in [0.5, 0.6) is 0 Å². The van der Waals surface area contributed by atoms with Gasteiger partial charge in [0.15, 0.2) is 0 Å². The van der Waals surface area contributed by atoms with Crippen molar-refractivity contribution in [1.29, 1.82) is 0 Å². The fraction of sp³-hybridized carbons (Fsp3) is 0.385. The molecule has 0 fully saturated rings. The molecule has 0 aliphatic heterocycles. The van der Waals surface area contributed by atoms with E-state index in [9.17, 15) is 9.59 Å². The van der Waals surface area contributed by atoms with Gasteiger partial charge in [-0.15, -0.1) is 11.6 Å². The summed E-state index contributed by atoms with van der Waals surface area (Å²) in [6, 6.07) is 9.70. The van der Waals surface area contributed by atoms with Crippen molar-refractivity contribution in [1.82, 2.24) is 9.80 Å². The zero-order valence-corrected chi connectivity index (χ0v) is 11.4. The van der Waals surface area contributed by atoms with Gasteiger partial charge in [-0.05, 0) is 5.56 Å². The summed E-state index contributed by atoms with van der Waals surface area (Å²) in [5, 5.41) is 0. The van der Waals surface area contributed by atoms with Gasteiger partial charge in [0, 0.05) is 20.6 Å². The van der Waals surface area contributed by atoms with E-state index in [4.69, 9.17) is 11.6 Å². The molecule has 0 radical (unpaired) electrons. The SMILES string of the molecule is CN(CC(=O)N(C)Cc1ccccc1)C(=O)CCl. The molecule has 2 amide bonds. The Hall–Kier alpha value is -1.55. The Kier molecular flexibility index (Phi) is 5.65. The third-order valence-electron chi connectivity index (χ3n) is 2.60. The topological polar surface area (TPSA) is 40.6 Å². The van der Waals surface area contributed by atoms with Crippen LogP contribution in [-0.2, 0) is 16.1 Å². The Labute approximate surface area is 112 Å². The number of hydrogen-bond donors (Lipinski definition) is 0. The number of alkyl halides is 1. The second-order valence-electron chi connectivity index (χ2n) is 4.12. The molecule has 0 N–H and O–H groups in total. The van der Waals surface area contributed by atoms with Gasteiger partial charge in [0.05, 0.1) is 6.54 Å². The molecular formula is C13H17ClN2O2. The van der Waals surface area contributed by atoms with E-state index >= 15 is 0 Å². The lowest BCUT2D eigenvalue weighted by Crippen LogP contribution is -2.39. The number of likely N-dealkylation sites (N-methyl/N-ethyl adjacent to an activating group) is 2. The van der Waals surface area contributed by atoms with E-state index in [2.05, 4.69) is 0 Å². The molecule has 0 unspecified atom stereocenters. The van der Waals surface area contributed by atoms with E-state index in [1.54, 1.807) is 19.0 Å². The zero-order valence-electron chi connectivity index (χ0n) is 10.6. The maximum atomic E-state index is 11.9. The smallest absolute Gasteiger partial charge is 0.242 e. The van der Waals surface area contributed by atoms with Crippen LogP contribution in [0.4, 0.5) is 0 Å². The van der Waals surface area contributed by atoms with E-state index in [1.807, 2.05) is 30.3 Å². The summed E-state index contributed by atoms with van der Waals surface area (Å²) in [5.41, 5.74) is 1.06. The summed E-state index contributed by atoms with van der Waals surface area (Å²) in [6.45, 7) is 0.581. The molecule has 1 aromatic rings. The van der Waals surface area contributed by atoms with Crippen LogP contribution in [0.2, 0.25) is 0 Å². The Bertz CT molecular complexity index is 409. The number of rotatable bonds is 5. The molecule has 0 atom stereocenters. The number of carbonyl (C=O) groups is 2. The molecule has 0 saturated heterocycles. The van der Waals surface area contributed by atoms with Gasteiger partial charge in [0.1, 0.15) is 5.88 Å². The van der Waals surface area contributed by atoms with Crippen LogP contribution < -0.4 is 0 Å². The lowest BCUT2D eigenvalue weighted by Gasteiger charge is -2.21. The zero-order chi connectivity index (χ0) is 13.5. The quantitative estimate of drug-likeness (QED) is 0.756. The first-order chi connectivity index (χ1) is 8.54. The van der Waals surface area contributed by atoms with E-state index in [0.717, 1.165) is 5.56 Å². The molecule has 18 heavy (non-hydrogen) atoms. The number of hydrogen-bond acceptors (Lipinski definition) is 2. The summed E-state index contributed by atoms with van der Waals surface area (Å²) in [4.78, 5) is 26.0. The van der Waals surface area contributed by atoms with Crippen LogP contribution in [0.25, 0.3) is 0 Å². The summed E-state index contributed by atoms with van der Waals surface area (Å²) < 4.78 is 0. The fourth-order valence-electron chi connectivity index (χ4n) is 1.46. The summed E-state index contributed by atoms with van der Waals surface area (Å²) in [7, 11) is 3.29. The van der Waals surface area contributed by atoms with Gasteiger partial charge in [-0.25, -0.2) is 0 Å². The van der Waals surface area contributed by atoms with Gasteiger partial charge in [-0.3, -0.25) is 9.59 Å². The molecule has 5 heteroatoms. The van der Waals surface area contributed by atoms with Crippen molar-refractivity contribution in [3.8, 4) is 0 Å². The molecule has 4 nitrogen and oxygen atoms in total. The van der Waals surface area contributed by atoms with Crippen molar-refractivity contribution in [2.75, 3.05) is 26.5 Å². The second kappa shape index (κ2) is 7.01. The first-order valence-corrected chi connectivity index (χ1v) is 6.16. The molecule has 98 valence electrons. The highest BCUT2D eigenvalue weighted by Gasteiger charge is 2.15.